The topological polar surface area (TPSA) is 86.7 Å². The normalized spacial score (nSPS) is 19.1. The first kappa shape index (κ1) is 14.0. The maximum atomic E-state index is 12.0. The number of benzene rings is 1. The second kappa shape index (κ2) is 5.73. The fraction of sp³-hybridized carbons (Fsp3) is 0.357. The van der Waals surface area contributed by atoms with Crippen LogP contribution in [-0.2, 0) is 9.59 Å². The molecule has 0 aliphatic carbocycles. The Morgan fingerprint density at radius 1 is 1.40 bits per heavy atom. The van der Waals surface area contributed by atoms with Crippen molar-refractivity contribution in [1.82, 2.24) is 10.2 Å². The number of aliphatic carboxylic acids is 1. The second-order valence-corrected chi connectivity index (χ2v) is 4.64. The highest BCUT2D eigenvalue weighted by Crippen LogP contribution is 2.22. The van der Waals surface area contributed by atoms with Crippen molar-refractivity contribution >= 4 is 17.9 Å². The molecule has 0 saturated carbocycles. The molecule has 6 heteroatoms. The molecule has 20 heavy (non-hydrogen) atoms. The summed E-state index contributed by atoms with van der Waals surface area (Å²) in [6.45, 7) is 1.91. The van der Waals surface area contributed by atoms with Gasteiger partial charge in [-0.1, -0.05) is 37.3 Å². The lowest BCUT2D eigenvalue weighted by Crippen LogP contribution is -2.62. The van der Waals surface area contributed by atoms with Crippen LogP contribution in [-0.4, -0.2) is 34.0 Å². The van der Waals surface area contributed by atoms with Crippen molar-refractivity contribution in [1.29, 1.82) is 0 Å². The zero-order valence-electron chi connectivity index (χ0n) is 11.1. The number of β-lactam (4-membered cyclic amide) rings is 1. The third-order valence-electron chi connectivity index (χ3n) is 3.36. The highest BCUT2D eigenvalue weighted by Gasteiger charge is 2.45. The number of likely N-dealkylation sites (tertiary alicyclic amines) is 1. The minimum absolute atomic E-state index is 0.120. The first-order valence-electron chi connectivity index (χ1n) is 6.45. The van der Waals surface area contributed by atoms with Crippen LogP contribution in [0, 0.1) is 0 Å². The van der Waals surface area contributed by atoms with Gasteiger partial charge in [0.15, 0.2) is 0 Å². The molecule has 0 aromatic heterocycles. The van der Waals surface area contributed by atoms with Crippen LogP contribution in [0.4, 0.5) is 4.79 Å². The molecule has 0 spiro atoms. The van der Waals surface area contributed by atoms with E-state index in [0.717, 1.165) is 10.5 Å². The Labute approximate surface area is 116 Å². The van der Waals surface area contributed by atoms with Gasteiger partial charge in [-0.25, -0.2) is 14.5 Å². The summed E-state index contributed by atoms with van der Waals surface area (Å²) in [7, 11) is 0. The molecular weight excluding hydrogens is 260 g/mol. The number of hydrogen-bond acceptors (Lipinski definition) is 3. The number of carboxylic acid groups (broad SMARTS) is 1. The van der Waals surface area contributed by atoms with Gasteiger partial charge in [0, 0.05) is 0 Å². The van der Waals surface area contributed by atoms with Gasteiger partial charge < -0.3 is 10.4 Å². The summed E-state index contributed by atoms with van der Waals surface area (Å²) in [6.07, 6.45) is 0.528. The first-order valence-corrected chi connectivity index (χ1v) is 6.45. The number of nitrogens with one attached hydrogen (secondary N) is 1. The van der Waals surface area contributed by atoms with Gasteiger partial charge in [0.05, 0.1) is 12.5 Å². The van der Waals surface area contributed by atoms with E-state index in [1.54, 1.807) is 0 Å². The van der Waals surface area contributed by atoms with E-state index in [4.69, 9.17) is 5.11 Å². The predicted octanol–water partition coefficient (Wildman–Crippen LogP) is 1.53. The van der Waals surface area contributed by atoms with Crippen LogP contribution >= 0.6 is 0 Å². The second-order valence-electron chi connectivity index (χ2n) is 4.64. The molecule has 6 nitrogen and oxygen atoms in total. The maximum absolute atomic E-state index is 12.0. The van der Waals surface area contributed by atoms with Crippen molar-refractivity contribution in [3.05, 3.63) is 35.9 Å². The molecule has 2 rings (SSSR count). The minimum Gasteiger partial charge on any atom is -0.480 e. The molecule has 1 heterocycles. The standard InChI is InChI=1S/C14H16N2O4/c1-2-10(9-6-4-3-5-7-9)15-14(20)16-11(13(18)19)8-12(16)17/h3-7,10-11H,2,8H2,1H3,(H,15,20)(H,18,19). The van der Waals surface area contributed by atoms with E-state index in [-0.39, 0.29) is 12.5 Å². The molecule has 0 bridgehead atoms. The van der Waals surface area contributed by atoms with E-state index in [1.165, 1.54) is 0 Å². The average Bonchev–Trinajstić information content (AvgIpc) is 2.42. The van der Waals surface area contributed by atoms with Crippen molar-refractivity contribution in [3.8, 4) is 0 Å². The van der Waals surface area contributed by atoms with Crippen LogP contribution in [0.1, 0.15) is 31.4 Å². The Morgan fingerprint density at radius 2 is 2.05 bits per heavy atom. The van der Waals surface area contributed by atoms with Crippen molar-refractivity contribution in [2.24, 2.45) is 0 Å². The van der Waals surface area contributed by atoms with E-state index in [0.29, 0.717) is 6.42 Å². The van der Waals surface area contributed by atoms with Crippen LogP contribution in [0.5, 0.6) is 0 Å². The van der Waals surface area contributed by atoms with E-state index < -0.39 is 23.9 Å². The van der Waals surface area contributed by atoms with Crippen LogP contribution in [0.15, 0.2) is 30.3 Å². The number of imide groups is 1. The first-order chi connectivity index (χ1) is 9.54. The third kappa shape index (κ3) is 2.64. The fourth-order valence-electron chi connectivity index (χ4n) is 2.19. The van der Waals surface area contributed by atoms with E-state index >= 15 is 0 Å². The summed E-state index contributed by atoms with van der Waals surface area (Å²) in [6, 6.07) is 7.41. The van der Waals surface area contributed by atoms with Crippen molar-refractivity contribution in [2.75, 3.05) is 0 Å². The summed E-state index contributed by atoms with van der Waals surface area (Å²) in [4.78, 5) is 35.1. The lowest BCUT2D eigenvalue weighted by molar-refractivity contribution is -0.157. The van der Waals surface area contributed by atoms with Crippen LogP contribution < -0.4 is 5.32 Å². The molecule has 106 valence electrons. The number of rotatable bonds is 4. The number of carbonyl (C=O) groups excluding carboxylic acids is 2. The van der Waals surface area contributed by atoms with Crippen molar-refractivity contribution in [2.45, 2.75) is 31.8 Å². The number of carbonyl (C=O) groups is 3. The minimum atomic E-state index is -1.16. The highest BCUT2D eigenvalue weighted by atomic mass is 16.4. The summed E-state index contributed by atoms with van der Waals surface area (Å²) >= 11 is 0. The summed E-state index contributed by atoms with van der Waals surface area (Å²) in [5, 5.41) is 11.6. The van der Waals surface area contributed by atoms with Crippen molar-refractivity contribution < 1.29 is 19.5 Å². The molecule has 2 atom stereocenters. The number of carboxylic acids is 1. The third-order valence-corrected chi connectivity index (χ3v) is 3.36. The molecule has 1 aromatic rings. The van der Waals surface area contributed by atoms with Gasteiger partial charge in [0.2, 0.25) is 5.91 Å². The molecule has 1 aromatic carbocycles. The number of hydrogen-bond donors (Lipinski definition) is 2. The number of nitrogens with zero attached hydrogens (tertiary/aromatic N) is 1. The van der Waals surface area contributed by atoms with E-state index in [9.17, 15) is 14.4 Å². The molecule has 1 aliphatic rings. The maximum Gasteiger partial charge on any atom is 0.327 e. The van der Waals surface area contributed by atoms with Gasteiger partial charge in [-0.05, 0) is 12.0 Å². The molecule has 1 aliphatic heterocycles. The fourth-order valence-corrected chi connectivity index (χ4v) is 2.19. The summed E-state index contributed by atoms with van der Waals surface area (Å²) < 4.78 is 0. The predicted molar refractivity (Wildman–Crippen MR) is 70.9 cm³/mol. The Balaban J connectivity index is 2.06. The van der Waals surface area contributed by atoms with Gasteiger partial charge >= 0.3 is 12.0 Å². The molecular formula is C14H16N2O4. The molecule has 1 saturated heterocycles. The summed E-state index contributed by atoms with van der Waals surface area (Å²) in [5.41, 5.74) is 0.920. The summed E-state index contributed by atoms with van der Waals surface area (Å²) in [5.74, 6) is -1.62. The quantitative estimate of drug-likeness (QED) is 0.816. The van der Waals surface area contributed by atoms with Gasteiger partial charge in [0.1, 0.15) is 6.04 Å². The van der Waals surface area contributed by atoms with Crippen LogP contribution in [0.25, 0.3) is 0 Å². The zero-order valence-corrected chi connectivity index (χ0v) is 11.1. The molecule has 2 unspecified atom stereocenters. The average molecular weight is 276 g/mol. The zero-order chi connectivity index (χ0) is 14.7. The van der Waals surface area contributed by atoms with Crippen LogP contribution in [0.2, 0.25) is 0 Å². The Hall–Kier alpha value is -2.37. The number of amides is 3. The highest BCUT2D eigenvalue weighted by molar-refractivity contribution is 6.05. The molecule has 0 radical (unpaired) electrons. The van der Waals surface area contributed by atoms with E-state index in [2.05, 4.69) is 5.32 Å². The molecule has 1 fully saturated rings. The lowest BCUT2D eigenvalue weighted by Gasteiger charge is -2.36. The van der Waals surface area contributed by atoms with Crippen LogP contribution in [0.3, 0.4) is 0 Å². The van der Waals surface area contributed by atoms with Gasteiger partial charge in [-0.2, -0.15) is 0 Å². The monoisotopic (exact) mass is 276 g/mol. The molecule has 2 N–H and O–H groups in total. The Bertz CT molecular complexity index is 529. The Kier molecular flexibility index (Phi) is 4.02. The lowest BCUT2D eigenvalue weighted by atomic mass is 10.0. The van der Waals surface area contributed by atoms with E-state index in [1.807, 2.05) is 37.3 Å². The van der Waals surface area contributed by atoms with Gasteiger partial charge in [-0.3, -0.25) is 4.79 Å². The van der Waals surface area contributed by atoms with Gasteiger partial charge in [0.25, 0.3) is 0 Å². The smallest absolute Gasteiger partial charge is 0.327 e. The largest absolute Gasteiger partial charge is 0.480 e. The molecule has 3 amide bonds. The van der Waals surface area contributed by atoms with Gasteiger partial charge in [-0.15, -0.1) is 0 Å². The van der Waals surface area contributed by atoms with Crippen molar-refractivity contribution in [3.63, 3.8) is 0 Å². The SMILES string of the molecule is CCC(NC(=O)N1C(=O)CC1C(=O)O)c1ccccc1. The Morgan fingerprint density at radius 3 is 2.55 bits per heavy atom. The number of urea groups is 1.